The molecule has 96 valence electrons. The molecule has 2 aromatic heterocycles. The van der Waals surface area contributed by atoms with Gasteiger partial charge in [-0.2, -0.15) is 0 Å². The molecule has 0 saturated carbocycles. The Morgan fingerprint density at radius 1 is 1.00 bits per heavy atom. The first kappa shape index (κ1) is 13.1. The second-order valence-corrected chi connectivity index (χ2v) is 6.11. The van der Waals surface area contributed by atoms with Gasteiger partial charge in [0.1, 0.15) is 5.15 Å². The summed E-state index contributed by atoms with van der Waals surface area (Å²) in [4.78, 5) is 9.62. The van der Waals surface area contributed by atoms with Gasteiger partial charge in [0.25, 0.3) is 0 Å². The summed E-state index contributed by atoms with van der Waals surface area (Å²) in [6, 6.07) is 5.51. The Hall–Kier alpha value is -0.870. The Kier molecular flexibility index (Phi) is 3.39. The molecule has 0 aliphatic carbocycles. The summed E-state index contributed by atoms with van der Waals surface area (Å²) in [5.74, 6) is 0.505. The zero-order chi connectivity index (χ0) is 13.6. The van der Waals surface area contributed by atoms with Gasteiger partial charge in [0, 0.05) is 5.39 Å². The standard InChI is InChI=1S/C13H7Cl3N2S/c1-6-2-3-7(14)10-9(6)12(16)18-13(17-10)11-8(15)4-5-19-11/h2-5H,1H3. The van der Waals surface area contributed by atoms with E-state index in [4.69, 9.17) is 34.8 Å². The highest BCUT2D eigenvalue weighted by molar-refractivity contribution is 7.14. The number of thiophene rings is 1. The molecular weight excluding hydrogens is 323 g/mol. The van der Waals surface area contributed by atoms with Crippen LogP contribution in [0, 0.1) is 6.92 Å². The van der Waals surface area contributed by atoms with Crippen LogP contribution in [0.1, 0.15) is 5.56 Å². The molecule has 0 radical (unpaired) electrons. The first-order chi connectivity index (χ1) is 9.08. The summed E-state index contributed by atoms with van der Waals surface area (Å²) in [7, 11) is 0. The maximum atomic E-state index is 6.26. The van der Waals surface area contributed by atoms with Crippen LogP contribution in [0.15, 0.2) is 23.6 Å². The van der Waals surface area contributed by atoms with Crippen molar-refractivity contribution in [2.24, 2.45) is 0 Å². The van der Waals surface area contributed by atoms with Gasteiger partial charge in [0.05, 0.1) is 20.4 Å². The number of nitrogens with zero attached hydrogens (tertiary/aromatic N) is 2. The van der Waals surface area contributed by atoms with Gasteiger partial charge in [-0.25, -0.2) is 9.97 Å². The van der Waals surface area contributed by atoms with Gasteiger partial charge >= 0.3 is 0 Å². The molecule has 0 aliphatic rings. The highest BCUT2D eigenvalue weighted by Gasteiger charge is 2.15. The molecule has 0 N–H and O–H groups in total. The molecule has 0 spiro atoms. The third-order valence-corrected chi connectivity index (χ3v) is 4.70. The lowest BCUT2D eigenvalue weighted by molar-refractivity contribution is 1.23. The van der Waals surface area contributed by atoms with Crippen LogP contribution < -0.4 is 0 Å². The third-order valence-electron chi connectivity index (χ3n) is 2.79. The topological polar surface area (TPSA) is 25.8 Å². The summed E-state index contributed by atoms with van der Waals surface area (Å²) in [5.41, 5.74) is 1.65. The number of hydrogen-bond acceptors (Lipinski definition) is 3. The van der Waals surface area contributed by atoms with Crippen molar-refractivity contribution in [3.8, 4) is 10.7 Å². The van der Waals surface area contributed by atoms with Crippen LogP contribution in [0.3, 0.4) is 0 Å². The van der Waals surface area contributed by atoms with Crippen LogP contribution in [0.4, 0.5) is 0 Å². The molecule has 0 amide bonds. The Bertz CT molecular complexity index is 783. The molecule has 2 nitrogen and oxygen atoms in total. The van der Waals surface area contributed by atoms with E-state index < -0.39 is 0 Å². The fourth-order valence-electron chi connectivity index (χ4n) is 1.87. The lowest BCUT2D eigenvalue weighted by Crippen LogP contribution is -1.93. The fraction of sp³-hybridized carbons (Fsp3) is 0.0769. The monoisotopic (exact) mass is 328 g/mol. The molecule has 0 saturated heterocycles. The van der Waals surface area contributed by atoms with Crippen molar-refractivity contribution in [1.29, 1.82) is 0 Å². The van der Waals surface area contributed by atoms with E-state index in [0.29, 0.717) is 26.5 Å². The first-order valence-electron chi connectivity index (χ1n) is 5.43. The van der Waals surface area contributed by atoms with E-state index in [-0.39, 0.29) is 0 Å². The molecule has 0 fully saturated rings. The van der Waals surface area contributed by atoms with Crippen molar-refractivity contribution in [3.63, 3.8) is 0 Å². The van der Waals surface area contributed by atoms with Crippen molar-refractivity contribution in [1.82, 2.24) is 9.97 Å². The number of rotatable bonds is 1. The van der Waals surface area contributed by atoms with Gasteiger partial charge in [-0.15, -0.1) is 11.3 Å². The van der Waals surface area contributed by atoms with Gasteiger partial charge < -0.3 is 0 Å². The van der Waals surface area contributed by atoms with E-state index in [1.54, 1.807) is 6.07 Å². The van der Waals surface area contributed by atoms with E-state index in [1.807, 2.05) is 24.4 Å². The van der Waals surface area contributed by atoms with Crippen molar-refractivity contribution in [2.45, 2.75) is 6.92 Å². The number of fused-ring (bicyclic) bond motifs is 1. The molecule has 3 aromatic rings. The highest BCUT2D eigenvalue weighted by atomic mass is 35.5. The maximum absolute atomic E-state index is 6.26. The number of hydrogen-bond donors (Lipinski definition) is 0. The van der Waals surface area contributed by atoms with E-state index in [1.165, 1.54) is 11.3 Å². The number of halogens is 3. The van der Waals surface area contributed by atoms with E-state index in [9.17, 15) is 0 Å². The Balaban J connectivity index is 2.37. The molecule has 0 unspecified atom stereocenters. The minimum Gasteiger partial charge on any atom is -0.225 e. The number of benzene rings is 1. The summed E-state index contributed by atoms with van der Waals surface area (Å²) >= 11 is 20.0. The minimum absolute atomic E-state index is 0.393. The lowest BCUT2D eigenvalue weighted by atomic mass is 10.1. The quantitative estimate of drug-likeness (QED) is 0.541. The normalized spacial score (nSPS) is 11.2. The van der Waals surface area contributed by atoms with Gasteiger partial charge in [-0.1, -0.05) is 40.9 Å². The first-order valence-corrected chi connectivity index (χ1v) is 7.45. The fourth-order valence-corrected chi connectivity index (χ4v) is 3.46. The lowest BCUT2D eigenvalue weighted by Gasteiger charge is -2.07. The van der Waals surface area contributed by atoms with Crippen molar-refractivity contribution in [2.75, 3.05) is 0 Å². The SMILES string of the molecule is Cc1ccc(Cl)c2nc(-c3sccc3Cl)nc(Cl)c12. The smallest absolute Gasteiger partial charge is 0.173 e. The van der Waals surface area contributed by atoms with Crippen LogP contribution in [0.25, 0.3) is 21.6 Å². The van der Waals surface area contributed by atoms with Crippen molar-refractivity contribution >= 4 is 57.0 Å². The maximum Gasteiger partial charge on any atom is 0.173 e. The largest absolute Gasteiger partial charge is 0.225 e. The molecule has 19 heavy (non-hydrogen) atoms. The average Bonchev–Trinajstić information content (AvgIpc) is 2.79. The molecule has 0 bridgehead atoms. The van der Waals surface area contributed by atoms with Crippen LogP contribution in [0.2, 0.25) is 15.2 Å². The number of aryl methyl sites for hydroxylation is 1. The van der Waals surface area contributed by atoms with Gasteiger partial charge in [-0.3, -0.25) is 0 Å². The summed E-state index contributed by atoms with van der Waals surface area (Å²) in [6.07, 6.45) is 0. The number of aromatic nitrogens is 2. The van der Waals surface area contributed by atoms with Gasteiger partial charge in [0.15, 0.2) is 5.82 Å². The Morgan fingerprint density at radius 2 is 1.79 bits per heavy atom. The van der Waals surface area contributed by atoms with E-state index in [0.717, 1.165) is 15.8 Å². The second-order valence-electron chi connectivity index (χ2n) is 4.02. The Labute approximate surface area is 129 Å². The molecule has 0 aliphatic heterocycles. The van der Waals surface area contributed by atoms with Crippen LogP contribution in [0.5, 0.6) is 0 Å². The summed E-state index contributed by atoms with van der Waals surface area (Å²) in [5, 5.41) is 4.23. The molecule has 1 aromatic carbocycles. The predicted octanol–water partition coefficient (Wildman–Crippen LogP) is 5.63. The highest BCUT2D eigenvalue weighted by Crippen LogP contribution is 2.35. The van der Waals surface area contributed by atoms with Gasteiger partial charge in [-0.05, 0) is 30.0 Å². The van der Waals surface area contributed by atoms with Crippen LogP contribution in [-0.4, -0.2) is 9.97 Å². The summed E-state index contributed by atoms with van der Waals surface area (Å²) in [6.45, 7) is 1.95. The zero-order valence-electron chi connectivity index (χ0n) is 9.75. The van der Waals surface area contributed by atoms with Crippen molar-refractivity contribution in [3.05, 3.63) is 44.3 Å². The van der Waals surface area contributed by atoms with Gasteiger partial charge in [0.2, 0.25) is 0 Å². The molecule has 0 atom stereocenters. The van der Waals surface area contributed by atoms with Crippen molar-refractivity contribution < 1.29 is 0 Å². The van der Waals surface area contributed by atoms with Crippen LogP contribution >= 0.6 is 46.1 Å². The Morgan fingerprint density at radius 3 is 2.47 bits per heavy atom. The molecular formula is C13H7Cl3N2S. The third kappa shape index (κ3) is 2.21. The average molecular weight is 330 g/mol. The molecule has 6 heteroatoms. The van der Waals surface area contributed by atoms with E-state index >= 15 is 0 Å². The molecule has 3 rings (SSSR count). The van der Waals surface area contributed by atoms with E-state index in [2.05, 4.69) is 9.97 Å². The second kappa shape index (κ2) is 4.91. The van der Waals surface area contributed by atoms with Crippen LogP contribution in [-0.2, 0) is 0 Å². The molecule has 2 heterocycles. The minimum atomic E-state index is 0.393. The zero-order valence-corrected chi connectivity index (χ0v) is 12.8. The summed E-state index contributed by atoms with van der Waals surface area (Å²) < 4.78 is 0. The predicted molar refractivity (Wildman–Crippen MR) is 82.6 cm³/mol.